The highest BCUT2D eigenvalue weighted by Crippen LogP contribution is 2.33. The van der Waals surface area contributed by atoms with E-state index < -0.39 is 39.1 Å². The lowest BCUT2D eigenvalue weighted by atomic mass is 9.96. The van der Waals surface area contributed by atoms with Crippen LogP contribution in [0.4, 0.5) is 18.3 Å². The number of alkyl halides is 3. The van der Waals surface area contributed by atoms with Gasteiger partial charge in [0.15, 0.2) is 15.0 Å². The lowest BCUT2D eigenvalue weighted by Crippen LogP contribution is -2.33. The van der Waals surface area contributed by atoms with Crippen LogP contribution < -0.4 is 16.6 Å². The van der Waals surface area contributed by atoms with E-state index in [2.05, 4.69) is 15.3 Å². The molecule has 2 heterocycles. The number of benzene rings is 2. The van der Waals surface area contributed by atoms with Gasteiger partial charge in [-0.25, -0.2) is 13.4 Å². The fourth-order valence-electron chi connectivity index (χ4n) is 4.07. The smallest absolute Gasteiger partial charge is 0.375 e. The number of hydrogen-bond acceptors (Lipinski definition) is 7. The Morgan fingerprint density at radius 2 is 1.74 bits per heavy atom. The van der Waals surface area contributed by atoms with Gasteiger partial charge in [0.1, 0.15) is 5.56 Å². The summed E-state index contributed by atoms with van der Waals surface area (Å²) in [6, 6.07) is 9.99. The Balaban J connectivity index is 1.80. The molecule has 2 aromatic carbocycles. The van der Waals surface area contributed by atoms with Gasteiger partial charge >= 0.3 is 6.18 Å². The zero-order valence-electron chi connectivity index (χ0n) is 20.9. The summed E-state index contributed by atoms with van der Waals surface area (Å²) in [4.78, 5) is 33.9. The van der Waals surface area contributed by atoms with Crippen LogP contribution in [0.2, 0.25) is 0 Å². The lowest BCUT2D eigenvalue weighted by Gasteiger charge is -2.21. The molecule has 1 atom stereocenters. The van der Waals surface area contributed by atoms with Gasteiger partial charge in [-0.15, -0.1) is 11.3 Å². The van der Waals surface area contributed by atoms with Crippen LogP contribution in [0.25, 0.3) is 11.3 Å². The van der Waals surface area contributed by atoms with E-state index in [1.807, 2.05) is 0 Å². The molecule has 2 aromatic heterocycles. The number of halogens is 3. The summed E-state index contributed by atoms with van der Waals surface area (Å²) in [6.45, 7) is 3.43. The van der Waals surface area contributed by atoms with E-state index >= 15 is 0 Å². The van der Waals surface area contributed by atoms with Gasteiger partial charge in [0.25, 0.3) is 11.5 Å². The number of amides is 1. The number of pyridine rings is 1. The summed E-state index contributed by atoms with van der Waals surface area (Å²) in [6.07, 6.45) is -3.62. The molecule has 0 bridgehead atoms. The quantitative estimate of drug-likeness (QED) is 0.306. The molecular formula is C26H23F3N4O4S2. The number of nitrogen functional groups attached to an aromatic ring is 1. The van der Waals surface area contributed by atoms with Gasteiger partial charge in [0, 0.05) is 22.4 Å². The Bertz CT molecular complexity index is 1730. The summed E-state index contributed by atoms with van der Waals surface area (Å²) in [5.41, 5.74) is 5.69. The Morgan fingerprint density at radius 1 is 1.08 bits per heavy atom. The van der Waals surface area contributed by atoms with Crippen molar-refractivity contribution in [2.24, 2.45) is 0 Å². The Morgan fingerprint density at radius 3 is 2.31 bits per heavy atom. The molecule has 0 saturated carbocycles. The monoisotopic (exact) mass is 576 g/mol. The predicted molar refractivity (Wildman–Crippen MR) is 142 cm³/mol. The number of aromatic nitrogens is 2. The maximum absolute atomic E-state index is 13.5. The predicted octanol–water partition coefficient (Wildman–Crippen LogP) is 4.64. The van der Waals surface area contributed by atoms with Crippen molar-refractivity contribution >= 4 is 32.2 Å². The van der Waals surface area contributed by atoms with Crippen molar-refractivity contribution in [1.82, 2.24) is 15.3 Å². The molecule has 13 heteroatoms. The number of sulfone groups is 1. The van der Waals surface area contributed by atoms with Crippen molar-refractivity contribution in [2.45, 2.75) is 31.0 Å². The minimum atomic E-state index is -4.64. The summed E-state index contributed by atoms with van der Waals surface area (Å²) in [5.74, 6) is -0.854. The van der Waals surface area contributed by atoms with Crippen LogP contribution in [0.5, 0.6) is 0 Å². The first-order chi connectivity index (χ1) is 18.1. The number of nitrogens with one attached hydrogen (secondary N) is 2. The fourth-order valence-corrected chi connectivity index (χ4v) is 5.41. The summed E-state index contributed by atoms with van der Waals surface area (Å²) >= 11 is 1.24. The normalized spacial score (nSPS) is 12.8. The molecule has 1 amide bonds. The Hall–Kier alpha value is -3.97. The third kappa shape index (κ3) is 6.04. The van der Waals surface area contributed by atoms with Crippen LogP contribution in [0, 0.1) is 13.8 Å². The molecule has 0 spiro atoms. The minimum Gasteiger partial charge on any atom is -0.375 e. The third-order valence-corrected chi connectivity index (χ3v) is 7.94. The molecule has 0 saturated heterocycles. The summed E-state index contributed by atoms with van der Waals surface area (Å²) < 4.78 is 64.2. The molecular weight excluding hydrogens is 553 g/mol. The highest BCUT2D eigenvalue weighted by atomic mass is 32.2. The van der Waals surface area contributed by atoms with Crippen LogP contribution in [0.3, 0.4) is 0 Å². The van der Waals surface area contributed by atoms with Crippen molar-refractivity contribution in [2.75, 3.05) is 12.0 Å². The van der Waals surface area contributed by atoms with Gasteiger partial charge in [0.2, 0.25) is 0 Å². The molecule has 204 valence electrons. The summed E-state index contributed by atoms with van der Waals surface area (Å²) in [7, 11) is -3.54. The zero-order chi connectivity index (χ0) is 28.7. The molecule has 4 aromatic rings. The molecule has 0 fully saturated rings. The maximum Gasteiger partial charge on any atom is 0.416 e. The van der Waals surface area contributed by atoms with E-state index in [1.165, 1.54) is 53.8 Å². The van der Waals surface area contributed by atoms with Crippen molar-refractivity contribution in [3.8, 4) is 11.3 Å². The van der Waals surface area contributed by atoms with Gasteiger partial charge in [-0.05, 0) is 55.3 Å². The molecule has 0 aliphatic rings. The molecule has 4 N–H and O–H groups in total. The number of rotatable bonds is 6. The van der Waals surface area contributed by atoms with Gasteiger partial charge in [-0.3, -0.25) is 9.59 Å². The number of anilines is 1. The molecule has 4 rings (SSSR count). The fraction of sp³-hybridized carbons (Fsp3) is 0.192. The number of aryl methyl sites for hydroxylation is 2. The Kier molecular flexibility index (Phi) is 7.41. The number of nitrogens with zero attached hydrogens (tertiary/aromatic N) is 1. The number of hydrogen-bond donors (Lipinski definition) is 3. The maximum atomic E-state index is 13.5. The first-order valence-corrected chi connectivity index (χ1v) is 14.1. The van der Waals surface area contributed by atoms with Gasteiger partial charge in [-0.2, -0.15) is 13.2 Å². The van der Waals surface area contributed by atoms with Crippen LogP contribution in [0.15, 0.2) is 64.3 Å². The average Bonchev–Trinajstić information content (AvgIpc) is 3.19. The number of thiazole rings is 1. The van der Waals surface area contributed by atoms with E-state index in [-0.39, 0.29) is 16.0 Å². The van der Waals surface area contributed by atoms with Crippen LogP contribution in [-0.4, -0.2) is 30.5 Å². The van der Waals surface area contributed by atoms with E-state index in [4.69, 9.17) is 5.73 Å². The zero-order valence-corrected chi connectivity index (χ0v) is 22.5. The highest BCUT2D eigenvalue weighted by molar-refractivity contribution is 7.90. The van der Waals surface area contributed by atoms with Crippen LogP contribution >= 0.6 is 11.3 Å². The first-order valence-electron chi connectivity index (χ1n) is 11.4. The molecule has 0 aliphatic carbocycles. The average molecular weight is 577 g/mol. The van der Waals surface area contributed by atoms with E-state index in [0.29, 0.717) is 27.6 Å². The second kappa shape index (κ2) is 10.3. The van der Waals surface area contributed by atoms with E-state index in [9.17, 15) is 31.2 Å². The first kappa shape index (κ1) is 28.0. The van der Waals surface area contributed by atoms with Gasteiger partial charge < -0.3 is 16.0 Å². The largest absolute Gasteiger partial charge is 0.416 e. The van der Waals surface area contributed by atoms with Crippen molar-refractivity contribution < 1.29 is 26.4 Å². The molecule has 0 radical (unpaired) electrons. The van der Waals surface area contributed by atoms with Crippen molar-refractivity contribution in [3.63, 3.8) is 0 Å². The Labute approximate surface area is 225 Å². The van der Waals surface area contributed by atoms with Crippen LogP contribution in [-0.2, 0) is 16.0 Å². The second-order valence-electron chi connectivity index (χ2n) is 8.88. The minimum absolute atomic E-state index is 0.00195. The van der Waals surface area contributed by atoms with Crippen molar-refractivity contribution in [3.05, 3.63) is 97.8 Å². The van der Waals surface area contributed by atoms with Crippen LogP contribution in [0.1, 0.15) is 43.7 Å². The molecule has 39 heavy (non-hydrogen) atoms. The second-order valence-corrected chi connectivity index (χ2v) is 12.1. The number of carbonyl (C=O) groups excluding carboxylic acids is 1. The molecule has 1 unspecified atom stereocenters. The lowest BCUT2D eigenvalue weighted by molar-refractivity contribution is -0.137. The topological polar surface area (TPSA) is 135 Å². The van der Waals surface area contributed by atoms with E-state index in [1.54, 1.807) is 13.8 Å². The highest BCUT2D eigenvalue weighted by Gasteiger charge is 2.31. The van der Waals surface area contributed by atoms with Gasteiger partial charge in [-0.1, -0.05) is 24.3 Å². The standard InChI is InChI=1S/C26H23F3N4O4S2/c1-13-19(21-14(2)38-25(30)33-21)12-20(23(34)31-13)24(35)32-22(15-7-9-18(10-8-15)39(3,36)37)16-5-4-6-17(11-16)26(27,28)29/h4-12,22H,1-3H3,(H2,30,33)(H,31,34)(H,32,35). The SMILES string of the molecule is Cc1[nH]c(=O)c(C(=O)NC(c2ccc(S(C)(=O)=O)cc2)c2cccc(C(F)(F)F)c2)cc1-c1nc(N)sc1C. The summed E-state index contributed by atoms with van der Waals surface area (Å²) in [5, 5.41) is 2.95. The van der Waals surface area contributed by atoms with Gasteiger partial charge in [0.05, 0.1) is 22.2 Å². The molecule has 0 aliphatic heterocycles. The number of carbonyl (C=O) groups is 1. The molecule has 8 nitrogen and oxygen atoms in total. The number of H-pyrrole nitrogens is 1. The number of aromatic amines is 1. The van der Waals surface area contributed by atoms with E-state index in [0.717, 1.165) is 23.3 Å². The van der Waals surface area contributed by atoms with Crippen molar-refractivity contribution in [1.29, 1.82) is 0 Å². The third-order valence-electron chi connectivity index (χ3n) is 6.02. The number of nitrogens with two attached hydrogens (primary N) is 1.